The van der Waals surface area contributed by atoms with Crippen molar-refractivity contribution in [3.63, 3.8) is 0 Å². The molecule has 1 aromatic carbocycles. The molecule has 0 saturated carbocycles. The van der Waals surface area contributed by atoms with Crippen LogP contribution in [0.1, 0.15) is 25.8 Å². The molecule has 0 N–H and O–H groups in total. The van der Waals surface area contributed by atoms with E-state index < -0.39 is 58.4 Å². The summed E-state index contributed by atoms with van der Waals surface area (Å²) in [7, 11) is -2.25. The second-order valence-corrected chi connectivity index (χ2v) is 11.1. The summed E-state index contributed by atoms with van der Waals surface area (Å²) in [5, 5.41) is 3.57. The van der Waals surface area contributed by atoms with Gasteiger partial charge in [0, 0.05) is 31.6 Å². The molecule has 41 heavy (non-hydrogen) atoms. The number of esters is 3. The summed E-state index contributed by atoms with van der Waals surface area (Å²) in [6.07, 6.45) is -5.25. The van der Waals surface area contributed by atoms with Gasteiger partial charge in [0.1, 0.15) is 28.3 Å². The van der Waals surface area contributed by atoms with Gasteiger partial charge in [-0.1, -0.05) is 11.2 Å². The van der Waals surface area contributed by atoms with Gasteiger partial charge in [0.15, 0.2) is 12.2 Å². The molecule has 16 nitrogen and oxygen atoms in total. The molecule has 0 bridgehead atoms. The predicted octanol–water partition coefficient (Wildman–Crippen LogP) is 2.34. The van der Waals surface area contributed by atoms with E-state index in [1.807, 2.05) is 0 Å². The Morgan fingerprint density at radius 2 is 1.88 bits per heavy atom. The lowest BCUT2D eigenvalue weighted by molar-refractivity contribution is -0.241. The largest absolute Gasteiger partial charge is 0.467 e. The van der Waals surface area contributed by atoms with Gasteiger partial charge in [-0.15, -0.1) is 11.6 Å². The molecule has 226 valence electrons. The van der Waals surface area contributed by atoms with Crippen molar-refractivity contribution in [1.82, 2.24) is 4.90 Å². The first-order valence-electron chi connectivity index (χ1n) is 11.9. The van der Waals surface area contributed by atoms with E-state index in [4.69, 9.17) is 45.6 Å². The number of ether oxygens (including phenoxy) is 6. The topological polar surface area (TPSA) is 210 Å². The quantitative estimate of drug-likeness (QED) is 0.0627. The number of methoxy groups -OCH3 is 1. The van der Waals surface area contributed by atoms with E-state index >= 15 is 0 Å². The summed E-state index contributed by atoms with van der Waals surface area (Å²) in [6.45, 7) is 1.78. The average Bonchev–Trinajstić information content (AvgIpc) is 2.88. The number of sulfone groups is 1. The van der Waals surface area contributed by atoms with Gasteiger partial charge >= 0.3 is 24.0 Å². The van der Waals surface area contributed by atoms with Crippen LogP contribution in [0.2, 0.25) is 0 Å². The zero-order valence-corrected chi connectivity index (χ0v) is 24.1. The Bertz CT molecular complexity index is 1290. The lowest BCUT2D eigenvalue weighted by atomic mass is 10.0. The van der Waals surface area contributed by atoms with Crippen molar-refractivity contribution in [2.24, 2.45) is 5.11 Å². The van der Waals surface area contributed by atoms with Crippen LogP contribution in [-0.4, -0.2) is 93.6 Å². The number of amides is 1. The number of benzene rings is 1. The lowest BCUT2D eigenvalue weighted by Gasteiger charge is -2.38. The zero-order chi connectivity index (χ0) is 30.7. The van der Waals surface area contributed by atoms with Gasteiger partial charge in [0.25, 0.3) is 0 Å². The zero-order valence-electron chi connectivity index (χ0n) is 22.6. The van der Waals surface area contributed by atoms with Crippen LogP contribution in [0.25, 0.3) is 10.4 Å². The van der Waals surface area contributed by atoms with E-state index in [-0.39, 0.29) is 42.8 Å². The molecular weight excluding hydrogens is 592 g/mol. The monoisotopic (exact) mass is 620 g/mol. The van der Waals surface area contributed by atoms with Crippen LogP contribution in [0, 0.1) is 0 Å². The van der Waals surface area contributed by atoms with E-state index in [0.717, 1.165) is 32.1 Å². The van der Waals surface area contributed by atoms with E-state index in [0.29, 0.717) is 5.56 Å². The van der Waals surface area contributed by atoms with Crippen molar-refractivity contribution >= 4 is 51.1 Å². The Labute approximate surface area is 240 Å². The minimum absolute atomic E-state index is 0.00505. The molecule has 1 aliphatic heterocycles. The molecule has 18 heteroatoms. The van der Waals surface area contributed by atoms with Gasteiger partial charge in [-0.3, -0.25) is 14.5 Å². The number of rotatable bonds is 12. The summed E-state index contributed by atoms with van der Waals surface area (Å²) in [5.41, 5.74) is 9.37. The number of carbonyl (C=O) groups excluding carboxylic acids is 4. The summed E-state index contributed by atoms with van der Waals surface area (Å²) >= 11 is 5.73. The minimum atomic E-state index is -3.34. The number of hydrogen-bond donors (Lipinski definition) is 0. The van der Waals surface area contributed by atoms with E-state index in [1.54, 1.807) is 0 Å². The molecule has 1 aromatic rings. The molecule has 1 fully saturated rings. The maximum Gasteiger partial charge on any atom is 0.411 e. The van der Waals surface area contributed by atoms with E-state index in [1.165, 1.54) is 18.2 Å². The third-order valence-electron chi connectivity index (χ3n) is 5.37. The summed E-state index contributed by atoms with van der Waals surface area (Å²) < 4.78 is 54.6. The first kappa shape index (κ1) is 33.4. The van der Waals surface area contributed by atoms with Crippen molar-refractivity contribution in [1.29, 1.82) is 0 Å². The van der Waals surface area contributed by atoms with Crippen LogP contribution in [-0.2, 0) is 54.5 Å². The molecule has 0 aromatic heterocycles. The molecule has 0 radical (unpaired) electrons. The van der Waals surface area contributed by atoms with Crippen molar-refractivity contribution < 1.29 is 56.0 Å². The molecule has 1 heterocycles. The van der Waals surface area contributed by atoms with Crippen LogP contribution >= 0.6 is 11.6 Å². The Morgan fingerprint density at radius 1 is 1.20 bits per heavy atom. The molecule has 1 amide bonds. The van der Waals surface area contributed by atoms with Crippen LogP contribution in [0.3, 0.4) is 0 Å². The summed E-state index contributed by atoms with van der Waals surface area (Å²) in [5.74, 6) is -2.70. The molecule has 0 aliphatic carbocycles. The van der Waals surface area contributed by atoms with Gasteiger partial charge in [0.05, 0.1) is 31.0 Å². The highest BCUT2D eigenvalue weighted by Crippen LogP contribution is 2.34. The SMILES string of the molecule is COC(=O)C1OC(Oc2ccc(COC(=O)N(CCl)CCS(C)(=O)=O)cc2N=[N+]=[N-])CC(OC(C)=O)[C@@H]1OC(C)=O. The Morgan fingerprint density at radius 3 is 2.44 bits per heavy atom. The number of nitrogens with zero attached hydrogens (tertiary/aromatic N) is 4. The summed E-state index contributed by atoms with van der Waals surface area (Å²) in [6, 6.07) is 3.92. The third-order valence-corrected chi connectivity index (χ3v) is 6.58. The van der Waals surface area contributed by atoms with E-state index in [2.05, 4.69) is 10.0 Å². The Hall–Kier alpha value is -3.79. The molecule has 1 saturated heterocycles. The number of hydrogen-bond acceptors (Lipinski definition) is 13. The number of alkyl halides is 1. The van der Waals surface area contributed by atoms with Gasteiger partial charge in [-0.25, -0.2) is 18.0 Å². The predicted molar refractivity (Wildman–Crippen MR) is 140 cm³/mol. The third kappa shape index (κ3) is 10.6. The van der Waals surface area contributed by atoms with Gasteiger partial charge in [-0.05, 0) is 23.2 Å². The van der Waals surface area contributed by atoms with E-state index in [9.17, 15) is 27.6 Å². The maximum atomic E-state index is 12.4. The second-order valence-electron chi connectivity index (χ2n) is 8.64. The van der Waals surface area contributed by atoms with Crippen molar-refractivity contribution in [3.05, 3.63) is 34.2 Å². The number of halogens is 1. The molecule has 1 aliphatic rings. The highest BCUT2D eigenvalue weighted by atomic mass is 35.5. The fourth-order valence-corrected chi connectivity index (χ4v) is 4.36. The van der Waals surface area contributed by atoms with Crippen LogP contribution in [0.15, 0.2) is 23.3 Å². The van der Waals surface area contributed by atoms with Crippen molar-refractivity contribution in [3.8, 4) is 5.75 Å². The lowest BCUT2D eigenvalue weighted by Crippen LogP contribution is -2.56. The summed E-state index contributed by atoms with van der Waals surface area (Å²) in [4.78, 5) is 51.8. The van der Waals surface area contributed by atoms with Crippen molar-refractivity contribution in [2.75, 3.05) is 31.7 Å². The number of carbonyl (C=O) groups is 4. The fourth-order valence-electron chi connectivity index (χ4n) is 3.59. The van der Waals surface area contributed by atoms with Crippen LogP contribution in [0.4, 0.5) is 10.5 Å². The fraction of sp³-hybridized carbons (Fsp3) is 0.565. The molecule has 0 spiro atoms. The average molecular weight is 621 g/mol. The first-order valence-corrected chi connectivity index (χ1v) is 14.4. The molecule has 2 rings (SSSR count). The van der Waals surface area contributed by atoms with Crippen LogP contribution < -0.4 is 4.74 Å². The van der Waals surface area contributed by atoms with Gasteiger partial charge in [0.2, 0.25) is 6.29 Å². The maximum absolute atomic E-state index is 12.4. The Balaban J connectivity index is 2.22. The normalized spacial score (nSPS) is 20.1. The smallest absolute Gasteiger partial charge is 0.411 e. The van der Waals surface area contributed by atoms with Gasteiger partial charge < -0.3 is 28.4 Å². The van der Waals surface area contributed by atoms with Gasteiger partial charge in [-0.2, -0.15) is 0 Å². The Kier molecular flexibility index (Phi) is 12.5. The molecule has 3 unspecified atom stereocenters. The standard InChI is InChI=1S/C23H29ClN4O12S/c1-13(29)37-18-10-19(40-21(22(31)35-3)20(18)38-14(2)30)39-17-6-5-15(9-16(17)26-27-25)11-36-23(32)28(12-24)7-8-41(4,33)34/h5-6,9,18-21H,7-8,10-12H2,1-4H3/t18?,19?,20-,21?/m0/s1. The highest BCUT2D eigenvalue weighted by Gasteiger charge is 2.48. The van der Waals surface area contributed by atoms with Crippen LogP contribution in [0.5, 0.6) is 5.75 Å². The minimum Gasteiger partial charge on any atom is -0.467 e. The van der Waals surface area contributed by atoms with Crippen molar-refractivity contribution in [2.45, 2.75) is 51.5 Å². The first-order chi connectivity index (χ1) is 19.3. The highest BCUT2D eigenvalue weighted by molar-refractivity contribution is 7.90. The second kappa shape index (κ2) is 15.3. The molecular formula is C23H29ClN4O12S. The number of azide groups is 1. The molecule has 4 atom stereocenters.